The number of carboxylic acid groups (broad SMARTS) is 1. The molecule has 0 atom stereocenters. The second kappa shape index (κ2) is 4.48. The van der Waals surface area contributed by atoms with Crippen LogP contribution in [0, 0.1) is 0 Å². The van der Waals surface area contributed by atoms with Crippen LogP contribution in [0.3, 0.4) is 0 Å². The van der Waals surface area contributed by atoms with Crippen LogP contribution in [0.25, 0.3) is 0 Å². The number of carbonyl (C=O) groups excluding carboxylic acids is 2. The molecule has 94 valence electrons. The smallest absolute Gasteiger partial charge is 0.336 e. The molecule has 0 saturated carbocycles. The third-order valence-electron chi connectivity index (χ3n) is 2.79. The lowest BCUT2D eigenvalue weighted by atomic mass is 10.0. The van der Waals surface area contributed by atoms with E-state index in [1.165, 1.54) is 24.0 Å². The molecule has 0 aliphatic carbocycles. The molecule has 6 heteroatoms. The van der Waals surface area contributed by atoms with E-state index < -0.39 is 11.9 Å². The summed E-state index contributed by atoms with van der Waals surface area (Å²) >= 11 is 0. The van der Waals surface area contributed by atoms with Crippen LogP contribution in [0.15, 0.2) is 18.2 Å². The minimum atomic E-state index is -1.19. The molecule has 0 fully saturated rings. The van der Waals surface area contributed by atoms with Crippen molar-refractivity contribution in [2.75, 3.05) is 18.0 Å². The van der Waals surface area contributed by atoms with Gasteiger partial charge in [-0.1, -0.05) is 6.07 Å². The number of aromatic carboxylic acids is 1. The van der Waals surface area contributed by atoms with Crippen LogP contribution < -0.4 is 10.2 Å². The highest BCUT2D eigenvalue weighted by atomic mass is 16.4. The molecule has 2 amide bonds. The van der Waals surface area contributed by atoms with E-state index >= 15 is 0 Å². The number of hydrogen-bond acceptors (Lipinski definition) is 3. The fourth-order valence-corrected chi connectivity index (χ4v) is 2.00. The van der Waals surface area contributed by atoms with Gasteiger partial charge in [0.25, 0.3) is 5.91 Å². The first-order chi connectivity index (χ1) is 8.52. The Morgan fingerprint density at radius 2 is 2.11 bits per heavy atom. The lowest BCUT2D eigenvalue weighted by Gasteiger charge is -2.20. The fourth-order valence-electron chi connectivity index (χ4n) is 2.00. The molecule has 1 aliphatic rings. The van der Waals surface area contributed by atoms with Gasteiger partial charge in [0, 0.05) is 20.0 Å². The summed E-state index contributed by atoms with van der Waals surface area (Å²) in [6, 6.07) is 4.45. The maximum absolute atomic E-state index is 11.9. The van der Waals surface area contributed by atoms with Gasteiger partial charge in [-0.2, -0.15) is 0 Å². The van der Waals surface area contributed by atoms with Gasteiger partial charge < -0.3 is 15.3 Å². The van der Waals surface area contributed by atoms with E-state index in [4.69, 9.17) is 5.11 Å². The van der Waals surface area contributed by atoms with E-state index in [0.717, 1.165) is 0 Å². The predicted molar refractivity (Wildman–Crippen MR) is 63.8 cm³/mol. The predicted octanol–water partition coefficient (Wildman–Crippen LogP) is 0.481. The number of nitrogens with zero attached hydrogens (tertiary/aromatic N) is 1. The monoisotopic (exact) mass is 248 g/mol. The minimum Gasteiger partial charge on any atom is -0.478 e. The minimum absolute atomic E-state index is 0.0395. The summed E-state index contributed by atoms with van der Waals surface area (Å²) in [5.41, 5.74) is 0.285. The van der Waals surface area contributed by atoms with E-state index in [-0.39, 0.29) is 17.0 Å². The number of nitrogens with one attached hydrogen (secondary N) is 1. The summed E-state index contributed by atoms with van der Waals surface area (Å²) in [4.78, 5) is 36.0. The molecular weight excluding hydrogens is 236 g/mol. The topological polar surface area (TPSA) is 86.7 Å². The van der Waals surface area contributed by atoms with Crippen molar-refractivity contribution >= 4 is 23.5 Å². The zero-order valence-corrected chi connectivity index (χ0v) is 9.77. The molecule has 6 nitrogen and oxygen atoms in total. The van der Waals surface area contributed by atoms with Crippen molar-refractivity contribution in [1.29, 1.82) is 0 Å². The van der Waals surface area contributed by atoms with Crippen molar-refractivity contribution in [2.24, 2.45) is 0 Å². The van der Waals surface area contributed by atoms with Gasteiger partial charge in [-0.05, 0) is 12.1 Å². The van der Waals surface area contributed by atoms with E-state index in [9.17, 15) is 14.4 Å². The number of amides is 2. The molecule has 1 aliphatic heterocycles. The normalized spacial score (nSPS) is 14.5. The number of fused-ring (bicyclic) bond motifs is 1. The average molecular weight is 248 g/mol. The highest BCUT2D eigenvalue weighted by Gasteiger charge is 2.27. The van der Waals surface area contributed by atoms with Gasteiger partial charge in [-0.25, -0.2) is 4.79 Å². The molecule has 1 aromatic carbocycles. The van der Waals surface area contributed by atoms with Crippen LogP contribution in [0.1, 0.15) is 27.6 Å². The Morgan fingerprint density at radius 3 is 2.72 bits per heavy atom. The molecule has 0 unspecified atom stereocenters. The molecule has 1 aromatic rings. The van der Waals surface area contributed by atoms with Crippen LogP contribution in [-0.4, -0.2) is 36.0 Å². The maximum atomic E-state index is 11.9. The molecule has 0 saturated heterocycles. The van der Waals surface area contributed by atoms with Gasteiger partial charge >= 0.3 is 5.97 Å². The van der Waals surface area contributed by atoms with Crippen LogP contribution >= 0.6 is 0 Å². The quantitative estimate of drug-likeness (QED) is 0.756. The summed E-state index contributed by atoms with van der Waals surface area (Å²) in [5.74, 6) is -1.88. The van der Waals surface area contributed by atoms with E-state index in [0.29, 0.717) is 18.8 Å². The number of carbonyl (C=O) groups is 3. The van der Waals surface area contributed by atoms with Crippen molar-refractivity contribution in [2.45, 2.75) is 6.92 Å². The van der Waals surface area contributed by atoms with E-state index in [1.807, 2.05) is 0 Å². The number of benzene rings is 1. The van der Waals surface area contributed by atoms with Gasteiger partial charge in [0.15, 0.2) is 0 Å². The zero-order valence-electron chi connectivity index (χ0n) is 9.77. The summed E-state index contributed by atoms with van der Waals surface area (Å²) in [7, 11) is 0. The number of rotatable bonds is 1. The molecule has 0 spiro atoms. The fraction of sp³-hybridized carbons (Fsp3) is 0.250. The van der Waals surface area contributed by atoms with Crippen LogP contribution in [-0.2, 0) is 4.79 Å². The maximum Gasteiger partial charge on any atom is 0.336 e. The van der Waals surface area contributed by atoms with Gasteiger partial charge in [-0.15, -0.1) is 0 Å². The first-order valence-electron chi connectivity index (χ1n) is 5.45. The summed E-state index contributed by atoms with van der Waals surface area (Å²) in [6.07, 6.45) is 0. The van der Waals surface area contributed by atoms with Gasteiger partial charge in [0.1, 0.15) is 0 Å². The molecule has 0 radical (unpaired) electrons. The van der Waals surface area contributed by atoms with Crippen molar-refractivity contribution in [3.8, 4) is 0 Å². The Bertz CT molecular complexity index is 539. The molecule has 2 rings (SSSR count). The van der Waals surface area contributed by atoms with Crippen LogP contribution in [0.4, 0.5) is 5.69 Å². The van der Waals surface area contributed by atoms with Crippen molar-refractivity contribution in [3.63, 3.8) is 0 Å². The molecular formula is C12H12N2O4. The molecule has 1 heterocycles. The second-order valence-corrected chi connectivity index (χ2v) is 3.93. The standard InChI is InChI=1S/C12H12N2O4/c1-7(15)14-6-5-13-11(16)10-8(12(17)18)3-2-4-9(10)14/h2-4H,5-6H2,1H3,(H,13,16)(H,17,18). The molecule has 0 aromatic heterocycles. The summed E-state index contributed by atoms with van der Waals surface area (Å²) in [5, 5.41) is 11.7. The molecule has 0 bridgehead atoms. The van der Waals surface area contributed by atoms with Crippen molar-refractivity contribution in [3.05, 3.63) is 29.3 Å². The number of hydrogen-bond donors (Lipinski definition) is 2. The third kappa shape index (κ3) is 1.92. The molecule has 18 heavy (non-hydrogen) atoms. The highest BCUT2D eigenvalue weighted by Crippen LogP contribution is 2.26. The SMILES string of the molecule is CC(=O)N1CCNC(=O)c2c(C(=O)O)cccc21. The Morgan fingerprint density at radius 1 is 1.39 bits per heavy atom. The van der Waals surface area contributed by atoms with Gasteiger partial charge in [0.05, 0.1) is 16.8 Å². The average Bonchev–Trinajstić information content (AvgIpc) is 2.48. The molecule has 2 N–H and O–H groups in total. The summed E-state index contributed by atoms with van der Waals surface area (Å²) in [6.45, 7) is 2.01. The van der Waals surface area contributed by atoms with Gasteiger partial charge in [0.2, 0.25) is 5.91 Å². The van der Waals surface area contributed by atoms with Crippen molar-refractivity contribution in [1.82, 2.24) is 5.32 Å². The lowest BCUT2D eigenvalue weighted by Crippen LogP contribution is -2.33. The van der Waals surface area contributed by atoms with Crippen LogP contribution in [0.5, 0.6) is 0 Å². The van der Waals surface area contributed by atoms with Gasteiger partial charge in [-0.3, -0.25) is 9.59 Å². The van der Waals surface area contributed by atoms with E-state index in [2.05, 4.69) is 5.32 Å². The number of anilines is 1. The van der Waals surface area contributed by atoms with Crippen LogP contribution in [0.2, 0.25) is 0 Å². The Balaban J connectivity index is 2.67. The summed E-state index contributed by atoms with van der Waals surface area (Å²) < 4.78 is 0. The highest BCUT2D eigenvalue weighted by molar-refractivity contribution is 6.11. The zero-order chi connectivity index (χ0) is 13.3. The Kier molecular flexibility index (Phi) is 3.01. The first-order valence-corrected chi connectivity index (χ1v) is 5.45. The third-order valence-corrected chi connectivity index (χ3v) is 2.79. The number of carboxylic acids is 1. The second-order valence-electron chi connectivity index (χ2n) is 3.93. The first kappa shape index (κ1) is 12.1. The van der Waals surface area contributed by atoms with Crippen molar-refractivity contribution < 1.29 is 19.5 Å². The lowest BCUT2D eigenvalue weighted by molar-refractivity contribution is -0.116. The Labute approximate surface area is 103 Å². The Hall–Kier alpha value is -2.37. The largest absolute Gasteiger partial charge is 0.478 e. The van der Waals surface area contributed by atoms with E-state index in [1.54, 1.807) is 6.07 Å².